The van der Waals surface area contributed by atoms with Gasteiger partial charge in [-0.3, -0.25) is 19.2 Å². The molecule has 39 heavy (non-hydrogen) atoms. The van der Waals surface area contributed by atoms with Crippen LogP contribution < -0.4 is 5.32 Å². The number of ketones is 2. The topological polar surface area (TPSA) is 116 Å². The molecule has 210 valence electrons. The van der Waals surface area contributed by atoms with Crippen LogP contribution in [-0.2, 0) is 23.9 Å². The fraction of sp³-hybridized carbons (Fsp3) is 0.414. The third kappa shape index (κ3) is 10.1. The van der Waals surface area contributed by atoms with Crippen LogP contribution in [0.25, 0.3) is 0 Å². The van der Waals surface area contributed by atoms with Gasteiger partial charge in [0.2, 0.25) is 5.91 Å². The van der Waals surface area contributed by atoms with Crippen molar-refractivity contribution in [3.63, 3.8) is 0 Å². The largest absolute Gasteiger partial charge is 0.460 e. The summed E-state index contributed by atoms with van der Waals surface area (Å²) in [7, 11) is 0. The van der Waals surface area contributed by atoms with E-state index in [4.69, 9.17) is 32.7 Å². The zero-order valence-electron chi connectivity index (χ0n) is 22.6. The quantitative estimate of drug-likeness (QED) is 0.262. The molecular formula is C29H33Cl2NO7. The summed E-state index contributed by atoms with van der Waals surface area (Å²) >= 11 is 12.1. The highest BCUT2D eigenvalue weighted by atomic mass is 35.5. The van der Waals surface area contributed by atoms with Crippen LogP contribution in [0.1, 0.15) is 68.2 Å². The number of Topliss-reactive ketones (excluding diaryl/α,β-unsaturated/α-hetero) is 2. The Balaban J connectivity index is 2.20. The molecule has 1 amide bonds. The molecule has 0 fully saturated rings. The second-order valence-electron chi connectivity index (χ2n) is 10.3. The average Bonchev–Trinajstić information content (AvgIpc) is 2.84. The first-order valence-corrected chi connectivity index (χ1v) is 13.2. The Bertz CT molecular complexity index is 1190. The third-order valence-corrected chi connectivity index (χ3v) is 6.28. The second-order valence-corrected chi connectivity index (χ2v) is 11.1. The molecule has 1 N–H and O–H groups in total. The minimum Gasteiger partial charge on any atom is -0.460 e. The average molecular weight is 578 g/mol. The van der Waals surface area contributed by atoms with Gasteiger partial charge in [-0.05, 0) is 38.8 Å². The van der Waals surface area contributed by atoms with E-state index < -0.39 is 54.2 Å². The maximum atomic E-state index is 13.3. The van der Waals surface area contributed by atoms with Gasteiger partial charge in [0.05, 0.1) is 22.0 Å². The van der Waals surface area contributed by atoms with E-state index in [1.807, 2.05) is 0 Å². The third-order valence-electron chi connectivity index (χ3n) is 5.65. The predicted octanol–water partition coefficient (Wildman–Crippen LogP) is 5.48. The molecule has 10 heteroatoms. The standard InChI is InChI=1S/C29H33Cl2NO7/c1-17(2)19(14-23(33)18-10-7-6-8-11-18)27(36)32-22(15-25(35)39-29(3,4)5)24(34)16-38-28(37)26-20(30)12-9-13-21(26)31/h6-13,17,19,22H,14-16H2,1-5H3,(H,32,36)/t19?,22-/m0/s1. The summed E-state index contributed by atoms with van der Waals surface area (Å²) in [4.78, 5) is 64.2. The highest BCUT2D eigenvalue weighted by Gasteiger charge is 2.32. The number of ether oxygens (including phenoxy) is 2. The van der Waals surface area contributed by atoms with Crippen LogP contribution >= 0.6 is 23.2 Å². The van der Waals surface area contributed by atoms with Crippen molar-refractivity contribution in [2.45, 2.75) is 59.1 Å². The molecule has 0 heterocycles. The Labute approximate surface area is 238 Å². The lowest BCUT2D eigenvalue weighted by molar-refractivity contribution is -0.156. The number of nitrogens with one attached hydrogen (secondary N) is 1. The van der Waals surface area contributed by atoms with E-state index >= 15 is 0 Å². The molecule has 2 aromatic carbocycles. The van der Waals surface area contributed by atoms with Gasteiger partial charge in [-0.2, -0.15) is 0 Å². The Morgan fingerprint density at radius 2 is 1.46 bits per heavy atom. The number of carbonyl (C=O) groups excluding carboxylic acids is 5. The van der Waals surface area contributed by atoms with Gasteiger partial charge >= 0.3 is 11.9 Å². The molecule has 0 bridgehead atoms. The van der Waals surface area contributed by atoms with Crippen molar-refractivity contribution < 1.29 is 33.4 Å². The fourth-order valence-corrected chi connectivity index (χ4v) is 4.20. The predicted molar refractivity (Wildman–Crippen MR) is 148 cm³/mol. The second kappa shape index (κ2) is 14.2. The van der Waals surface area contributed by atoms with Gasteiger partial charge in [0.25, 0.3) is 0 Å². The van der Waals surface area contributed by atoms with Crippen LogP contribution in [0.2, 0.25) is 10.0 Å². The first-order chi connectivity index (χ1) is 18.2. The molecule has 2 aromatic rings. The van der Waals surface area contributed by atoms with Crippen molar-refractivity contribution >= 4 is 52.6 Å². The van der Waals surface area contributed by atoms with Gasteiger partial charge < -0.3 is 14.8 Å². The van der Waals surface area contributed by atoms with Crippen molar-refractivity contribution in [2.75, 3.05) is 6.61 Å². The summed E-state index contributed by atoms with van der Waals surface area (Å²) < 4.78 is 10.4. The first-order valence-electron chi connectivity index (χ1n) is 12.4. The number of halogens is 2. The summed E-state index contributed by atoms with van der Waals surface area (Å²) in [6.45, 7) is 7.80. The number of esters is 2. The van der Waals surface area contributed by atoms with E-state index in [0.717, 1.165) is 0 Å². The summed E-state index contributed by atoms with van der Waals surface area (Å²) in [5.41, 5.74) is -0.479. The van der Waals surface area contributed by atoms with Crippen LogP contribution in [0, 0.1) is 11.8 Å². The highest BCUT2D eigenvalue weighted by Crippen LogP contribution is 2.25. The lowest BCUT2D eigenvalue weighted by Crippen LogP contribution is -2.48. The number of hydrogen-bond acceptors (Lipinski definition) is 7. The van der Waals surface area contributed by atoms with Crippen LogP contribution in [0.4, 0.5) is 0 Å². The number of rotatable bonds is 12. The maximum Gasteiger partial charge on any atom is 0.341 e. The number of carbonyl (C=O) groups is 5. The molecule has 0 aromatic heterocycles. The Morgan fingerprint density at radius 3 is 2.00 bits per heavy atom. The van der Waals surface area contributed by atoms with E-state index in [0.29, 0.717) is 5.56 Å². The molecule has 0 aliphatic carbocycles. The van der Waals surface area contributed by atoms with Crippen LogP contribution in [-0.4, -0.2) is 47.7 Å². The Morgan fingerprint density at radius 1 is 0.872 bits per heavy atom. The minimum atomic E-state index is -1.37. The molecule has 2 rings (SSSR count). The van der Waals surface area contributed by atoms with Gasteiger partial charge in [-0.15, -0.1) is 0 Å². The van der Waals surface area contributed by atoms with Crippen LogP contribution in [0.5, 0.6) is 0 Å². The molecule has 0 saturated heterocycles. The number of hydrogen-bond donors (Lipinski definition) is 1. The van der Waals surface area contributed by atoms with Gasteiger partial charge in [-0.25, -0.2) is 4.79 Å². The van der Waals surface area contributed by atoms with E-state index in [9.17, 15) is 24.0 Å². The SMILES string of the molecule is CC(C)C(CC(=O)c1ccccc1)C(=O)N[C@@H](CC(=O)OC(C)(C)C)C(=O)COC(=O)c1c(Cl)cccc1Cl. The molecule has 1 unspecified atom stereocenters. The monoisotopic (exact) mass is 577 g/mol. The zero-order valence-corrected chi connectivity index (χ0v) is 24.1. The molecular weight excluding hydrogens is 545 g/mol. The highest BCUT2D eigenvalue weighted by molar-refractivity contribution is 6.39. The molecule has 2 atom stereocenters. The Kier molecular flexibility index (Phi) is 11.7. The van der Waals surface area contributed by atoms with Gasteiger partial charge in [0.1, 0.15) is 11.6 Å². The van der Waals surface area contributed by atoms with E-state index in [2.05, 4.69) is 5.32 Å². The number of benzene rings is 2. The van der Waals surface area contributed by atoms with Gasteiger partial charge in [0.15, 0.2) is 18.2 Å². The minimum absolute atomic E-state index is 0.0430. The van der Waals surface area contributed by atoms with Crippen molar-refractivity contribution in [1.29, 1.82) is 0 Å². The molecule has 0 saturated carbocycles. The van der Waals surface area contributed by atoms with Gasteiger partial charge in [0, 0.05) is 17.9 Å². The molecule has 0 radical (unpaired) electrons. The normalized spacial score (nSPS) is 12.8. The van der Waals surface area contributed by atoms with Crippen molar-refractivity contribution in [2.24, 2.45) is 11.8 Å². The fourth-order valence-electron chi connectivity index (χ4n) is 3.65. The van der Waals surface area contributed by atoms with Crippen molar-refractivity contribution in [3.8, 4) is 0 Å². The summed E-state index contributed by atoms with van der Waals surface area (Å²) in [6.07, 6.45) is -0.593. The molecule has 0 aliphatic rings. The van der Waals surface area contributed by atoms with Crippen LogP contribution in [0.3, 0.4) is 0 Å². The molecule has 0 aliphatic heterocycles. The maximum absolute atomic E-state index is 13.3. The number of amides is 1. The summed E-state index contributed by atoms with van der Waals surface area (Å²) in [6, 6.07) is 11.6. The lowest BCUT2D eigenvalue weighted by atomic mass is 9.87. The van der Waals surface area contributed by atoms with Crippen molar-refractivity contribution in [3.05, 3.63) is 69.7 Å². The first kappa shape index (κ1) is 32.0. The smallest absolute Gasteiger partial charge is 0.341 e. The summed E-state index contributed by atoms with van der Waals surface area (Å²) in [5.74, 6) is -4.27. The molecule has 0 spiro atoms. The van der Waals surface area contributed by atoms with E-state index in [-0.39, 0.29) is 33.7 Å². The zero-order chi connectivity index (χ0) is 29.3. The Hall–Kier alpha value is -3.23. The van der Waals surface area contributed by atoms with Crippen LogP contribution in [0.15, 0.2) is 48.5 Å². The lowest BCUT2D eigenvalue weighted by Gasteiger charge is -2.25. The van der Waals surface area contributed by atoms with E-state index in [1.165, 1.54) is 12.1 Å². The molecule has 8 nitrogen and oxygen atoms in total. The van der Waals surface area contributed by atoms with Gasteiger partial charge in [-0.1, -0.05) is 73.4 Å². The van der Waals surface area contributed by atoms with E-state index in [1.54, 1.807) is 71.0 Å². The summed E-state index contributed by atoms with van der Waals surface area (Å²) in [5, 5.41) is 2.66. The van der Waals surface area contributed by atoms with Crippen molar-refractivity contribution in [1.82, 2.24) is 5.32 Å².